The summed E-state index contributed by atoms with van der Waals surface area (Å²) in [4.78, 5) is 14.6. The summed E-state index contributed by atoms with van der Waals surface area (Å²) in [6, 6.07) is 5.58. The number of hydrogen-bond acceptors (Lipinski definition) is 3. The number of hydrogen-bond donors (Lipinski definition) is 1. The zero-order valence-corrected chi connectivity index (χ0v) is 12.6. The van der Waals surface area contributed by atoms with Crippen molar-refractivity contribution in [1.82, 2.24) is 19.8 Å². The minimum atomic E-state index is -0.208. The summed E-state index contributed by atoms with van der Waals surface area (Å²) in [6.07, 6.45) is 5.61. The van der Waals surface area contributed by atoms with Crippen LogP contribution < -0.4 is 5.32 Å². The van der Waals surface area contributed by atoms with E-state index in [9.17, 15) is 4.79 Å². The molecule has 3 heterocycles. The largest absolute Gasteiger partial charge is 0.349 e. The molecular formula is C15H19ClN4O. The number of likely N-dealkylation sites (tertiary alicyclic amines) is 1. The number of carbonyl (C=O) groups is 1. The topological polar surface area (TPSA) is 49.6 Å². The second-order valence-electron chi connectivity index (χ2n) is 5.35. The summed E-state index contributed by atoms with van der Waals surface area (Å²) in [7, 11) is 0. The average Bonchev–Trinajstić information content (AvgIpc) is 2.86. The Hall–Kier alpha value is -1.59. The van der Waals surface area contributed by atoms with Gasteiger partial charge in [0, 0.05) is 19.3 Å². The molecule has 6 heteroatoms. The highest BCUT2D eigenvalue weighted by Gasteiger charge is 2.17. The van der Waals surface area contributed by atoms with Gasteiger partial charge in [0.15, 0.2) is 5.69 Å². The number of aromatic nitrogens is 2. The fraction of sp³-hybridized carbons (Fsp3) is 0.467. The molecule has 2 aromatic heterocycles. The first-order valence-electron chi connectivity index (χ1n) is 7.39. The molecule has 3 rings (SSSR count). The van der Waals surface area contributed by atoms with Crippen molar-refractivity contribution in [2.75, 3.05) is 26.2 Å². The lowest BCUT2D eigenvalue weighted by Gasteiger charge is -2.26. The van der Waals surface area contributed by atoms with Crippen molar-refractivity contribution in [2.24, 2.45) is 0 Å². The highest BCUT2D eigenvalue weighted by atomic mass is 35.5. The van der Waals surface area contributed by atoms with Gasteiger partial charge >= 0.3 is 0 Å². The summed E-state index contributed by atoms with van der Waals surface area (Å²) in [5, 5.41) is 7.55. The van der Waals surface area contributed by atoms with Gasteiger partial charge in [0.05, 0.1) is 10.5 Å². The third-order valence-corrected chi connectivity index (χ3v) is 4.23. The van der Waals surface area contributed by atoms with Gasteiger partial charge in [0.1, 0.15) is 0 Å². The molecule has 1 aliphatic rings. The van der Waals surface area contributed by atoms with E-state index in [1.54, 1.807) is 10.7 Å². The van der Waals surface area contributed by atoms with Gasteiger partial charge in [-0.2, -0.15) is 5.10 Å². The van der Waals surface area contributed by atoms with Crippen molar-refractivity contribution in [2.45, 2.75) is 19.3 Å². The molecule has 0 aliphatic carbocycles. The van der Waals surface area contributed by atoms with Crippen LogP contribution in [0.5, 0.6) is 0 Å². The predicted molar refractivity (Wildman–Crippen MR) is 82.8 cm³/mol. The first-order valence-corrected chi connectivity index (χ1v) is 7.77. The van der Waals surface area contributed by atoms with E-state index in [4.69, 9.17) is 11.6 Å². The Morgan fingerprint density at radius 1 is 1.29 bits per heavy atom. The molecule has 1 fully saturated rings. The van der Waals surface area contributed by atoms with Crippen molar-refractivity contribution in [1.29, 1.82) is 0 Å². The Kier molecular flexibility index (Phi) is 4.41. The van der Waals surface area contributed by atoms with E-state index in [2.05, 4.69) is 15.3 Å². The number of rotatable bonds is 4. The van der Waals surface area contributed by atoms with Gasteiger partial charge in [0.25, 0.3) is 5.91 Å². The minimum absolute atomic E-state index is 0.208. The maximum atomic E-state index is 12.2. The van der Waals surface area contributed by atoms with Crippen LogP contribution in [0.2, 0.25) is 5.02 Å². The lowest BCUT2D eigenvalue weighted by molar-refractivity contribution is 0.0941. The molecule has 0 saturated carbocycles. The van der Waals surface area contributed by atoms with E-state index in [0.717, 1.165) is 25.2 Å². The maximum absolute atomic E-state index is 12.2. The molecule has 0 unspecified atom stereocenters. The van der Waals surface area contributed by atoms with Gasteiger partial charge in [0.2, 0.25) is 0 Å². The number of nitrogens with one attached hydrogen (secondary N) is 1. The number of nitrogens with zero attached hydrogens (tertiary/aromatic N) is 3. The number of halogens is 1. The quantitative estimate of drug-likeness (QED) is 0.942. The molecule has 0 bridgehead atoms. The van der Waals surface area contributed by atoms with Gasteiger partial charge in [-0.25, -0.2) is 4.52 Å². The van der Waals surface area contributed by atoms with E-state index in [0.29, 0.717) is 17.3 Å². The summed E-state index contributed by atoms with van der Waals surface area (Å²) in [5.74, 6) is -0.208. The molecule has 1 amide bonds. The maximum Gasteiger partial charge on any atom is 0.273 e. The van der Waals surface area contributed by atoms with Crippen LogP contribution in [0.3, 0.4) is 0 Å². The number of piperidine rings is 1. The Bertz CT molecular complexity index is 634. The first kappa shape index (κ1) is 14.4. The lowest BCUT2D eigenvalue weighted by atomic mass is 10.1. The van der Waals surface area contributed by atoms with Gasteiger partial charge in [-0.3, -0.25) is 4.79 Å². The monoisotopic (exact) mass is 306 g/mol. The van der Waals surface area contributed by atoms with E-state index in [1.165, 1.54) is 19.3 Å². The summed E-state index contributed by atoms with van der Waals surface area (Å²) < 4.78 is 1.63. The summed E-state index contributed by atoms with van der Waals surface area (Å²) >= 11 is 6.23. The second-order valence-corrected chi connectivity index (χ2v) is 5.73. The molecule has 2 aromatic rings. The van der Waals surface area contributed by atoms with Crippen LogP contribution in [-0.2, 0) is 0 Å². The third-order valence-electron chi connectivity index (χ3n) is 3.86. The van der Waals surface area contributed by atoms with Crippen molar-refractivity contribution < 1.29 is 4.79 Å². The molecule has 112 valence electrons. The first-order chi connectivity index (χ1) is 10.3. The number of pyridine rings is 1. The fourth-order valence-electron chi connectivity index (χ4n) is 2.71. The fourth-order valence-corrected chi connectivity index (χ4v) is 2.98. The molecule has 0 radical (unpaired) electrons. The Morgan fingerprint density at radius 2 is 2.10 bits per heavy atom. The molecule has 21 heavy (non-hydrogen) atoms. The molecular weight excluding hydrogens is 288 g/mol. The Labute approximate surface area is 128 Å². The van der Waals surface area contributed by atoms with Crippen LogP contribution in [-0.4, -0.2) is 46.6 Å². The van der Waals surface area contributed by atoms with Crippen molar-refractivity contribution in [3.63, 3.8) is 0 Å². The van der Waals surface area contributed by atoms with E-state index in [-0.39, 0.29) is 5.91 Å². The number of amides is 1. The molecule has 1 aliphatic heterocycles. The standard InChI is InChI=1S/C15H19ClN4O/c16-13-12-6-2-5-10-20(12)18-14(13)15(21)17-7-11-19-8-3-1-4-9-19/h2,5-6,10H,1,3-4,7-9,11H2,(H,17,21). The van der Waals surface area contributed by atoms with Crippen LogP contribution in [0.15, 0.2) is 24.4 Å². The minimum Gasteiger partial charge on any atom is -0.349 e. The Morgan fingerprint density at radius 3 is 2.86 bits per heavy atom. The van der Waals surface area contributed by atoms with Gasteiger partial charge < -0.3 is 10.2 Å². The van der Waals surface area contributed by atoms with E-state index >= 15 is 0 Å². The molecule has 1 saturated heterocycles. The van der Waals surface area contributed by atoms with Gasteiger partial charge in [-0.05, 0) is 38.1 Å². The molecule has 1 N–H and O–H groups in total. The number of fused-ring (bicyclic) bond motifs is 1. The van der Waals surface area contributed by atoms with Crippen LogP contribution in [0.4, 0.5) is 0 Å². The zero-order valence-electron chi connectivity index (χ0n) is 11.9. The predicted octanol–water partition coefficient (Wildman–Crippen LogP) is 2.20. The van der Waals surface area contributed by atoms with E-state index in [1.807, 2.05) is 18.2 Å². The Balaban J connectivity index is 1.60. The molecule has 5 nitrogen and oxygen atoms in total. The van der Waals surface area contributed by atoms with Gasteiger partial charge in [-0.15, -0.1) is 0 Å². The van der Waals surface area contributed by atoms with Crippen LogP contribution in [0, 0.1) is 0 Å². The second kappa shape index (κ2) is 6.45. The third kappa shape index (κ3) is 3.19. The molecule has 0 atom stereocenters. The van der Waals surface area contributed by atoms with E-state index < -0.39 is 0 Å². The SMILES string of the molecule is O=C(NCCN1CCCCC1)c1nn2ccccc2c1Cl. The normalized spacial score (nSPS) is 16.2. The zero-order chi connectivity index (χ0) is 14.7. The van der Waals surface area contributed by atoms with Crippen LogP contribution in [0.25, 0.3) is 5.52 Å². The van der Waals surface area contributed by atoms with Crippen molar-refractivity contribution >= 4 is 23.0 Å². The highest BCUT2D eigenvalue weighted by Crippen LogP contribution is 2.21. The van der Waals surface area contributed by atoms with Crippen LogP contribution >= 0.6 is 11.6 Å². The summed E-state index contributed by atoms with van der Waals surface area (Å²) in [6.45, 7) is 3.77. The molecule has 0 spiro atoms. The average molecular weight is 307 g/mol. The smallest absolute Gasteiger partial charge is 0.273 e. The summed E-state index contributed by atoms with van der Waals surface area (Å²) in [5.41, 5.74) is 1.04. The highest BCUT2D eigenvalue weighted by molar-refractivity contribution is 6.36. The lowest BCUT2D eigenvalue weighted by Crippen LogP contribution is -2.37. The number of carbonyl (C=O) groups excluding carboxylic acids is 1. The van der Waals surface area contributed by atoms with Crippen molar-refractivity contribution in [3.05, 3.63) is 35.1 Å². The van der Waals surface area contributed by atoms with Crippen LogP contribution in [0.1, 0.15) is 29.8 Å². The van der Waals surface area contributed by atoms with Gasteiger partial charge in [-0.1, -0.05) is 24.1 Å². The van der Waals surface area contributed by atoms with Crippen molar-refractivity contribution in [3.8, 4) is 0 Å². The molecule has 0 aromatic carbocycles.